The van der Waals surface area contributed by atoms with Gasteiger partial charge in [-0.2, -0.15) is 9.78 Å². The van der Waals surface area contributed by atoms with Crippen molar-refractivity contribution in [1.82, 2.24) is 14.9 Å². The molecular weight excluding hydrogens is 472 g/mol. The lowest BCUT2D eigenvalue weighted by molar-refractivity contribution is 0.306. The zero-order chi connectivity index (χ0) is 21.9. The quantitative estimate of drug-likeness (QED) is 0.157. The molecule has 7 heteroatoms. The summed E-state index contributed by atoms with van der Waals surface area (Å²) in [4.78, 5) is 0. The predicted octanol–water partition coefficient (Wildman–Crippen LogP) is 6.74. The van der Waals surface area contributed by atoms with E-state index in [1.54, 1.807) is 11.8 Å². The molecule has 0 spiro atoms. The third kappa shape index (κ3) is 7.51. The summed E-state index contributed by atoms with van der Waals surface area (Å²) in [5.74, 6) is 2.60. The standard InChI is InChI=1S/C24H29BrN4OS/c1-3-5-6-16-30-22-14-10-19(11-15-22)17-26-29-23(7-4-2)27-28-24(29)31-18-20-8-12-21(25)13-9-20/h8-15,17H,3-7,16,18H2,1-2H3/b26-17+. The molecule has 5 nitrogen and oxygen atoms in total. The van der Waals surface area contributed by atoms with Gasteiger partial charge < -0.3 is 4.74 Å². The molecule has 0 aliphatic carbocycles. The van der Waals surface area contributed by atoms with Gasteiger partial charge in [-0.25, -0.2) is 0 Å². The highest BCUT2D eigenvalue weighted by molar-refractivity contribution is 9.10. The fourth-order valence-corrected chi connectivity index (χ4v) is 4.05. The van der Waals surface area contributed by atoms with Gasteiger partial charge in [0.1, 0.15) is 5.75 Å². The molecular formula is C24H29BrN4OS. The monoisotopic (exact) mass is 500 g/mol. The molecule has 0 N–H and O–H groups in total. The van der Waals surface area contributed by atoms with Crippen LogP contribution in [0.15, 0.2) is 63.3 Å². The number of aryl methyl sites for hydroxylation is 1. The molecule has 0 unspecified atom stereocenters. The highest BCUT2D eigenvalue weighted by Gasteiger charge is 2.11. The topological polar surface area (TPSA) is 52.3 Å². The van der Waals surface area contributed by atoms with E-state index in [9.17, 15) is 0 Å². The molecule has 3 rings (SSSR count). The smallest absolute Gasteiger partial charge is 0.212 e. The van der Waals surface area contributed by atoms with Crippen molar-refractivity contribution in [2.75, 3.05) is 6.61 Å². The van der Waals surface area contributed by atoms with Crippen LogP contribution in [0, 0.1) is 0 Å². The number of rotatable bonds is 12. The minimum absolute atomic E-state index is 0.765. The summed E-state index contributed by atoms with van der Waals surface area (Å²) in [6.45, 7) is 5.10. The zero-order valence-corrected chi connectivity index (χ0v) is 20.5. The molecule has 164 valence electrons. The number of nitrogens with zero attached hydrogens (tertiary/aromatic N) is 4. The van der Waals surface area contributed by atoms with E-state index in [4.69, 9.17) is 9.84 Å². The van der Waals surface area contributed by atoms with Crippen molar-refractivity contribution in [3.8, 4) is 5.75 Å². The van der Waals surface area contributed by atoms with Crippen LogP contribution in [0.3, 0.4) is 0 Å². The van der Waals surface area contributed by atoms with Crippen LogP contribution < -0.4 is 4.74 Å². The fraction of sp³-hybridized carbons (Fsp3) is 0.375. The maximum absolute atomic E-state index is 5.79. The Morgan fingerprint density at radius 3 is 2.48 bits per heavy atom. The summed E-state index contributed by atoms with van der Waals surface area (Å²) in [6.07, 6.45) is 7.18. The van der Waals surface area contributed by atoms with Crippen molar-refractivity contribution < 1.29 is 4.74 Å². The Hall–Kier alpha value is -2.12. The lowest BCUT2D eigenvalue weighted by Gasteiger charge is -2.06. The molecule has 0 aliphatic rings. The number of hydrogen-bond donors (Lipinski definition) is 0. The first-order chi connectivity index (χ1) is 15.2. The van der Waals surface area contributed by atoms with Crippen molar-refractivity contribution in [2.24, 2.45) is 5.10 Å². The predicted molar refractivity (Wildman–Crippen MR) is 132 cm³/mol. The first kappa shape index (κ1) is 23.5. The Kier molecular flexibility index (Phi) is 9.62. The van der Waals surface area contributed by atoms with Gasteiger partial charge in [0, 0.05) is 16.6 Å². The zero-order valence-electron chi connectivity index (χ0n) is 18.1. The number of halogens is 1. The van der Waals surface area contributed by atoms with Crippen molar-refractivity contribution in [3.63, 3.8) is 0 Å². The Morgan fingerprint density at radius 2 is 1.77 bits per heavy atom. The molecule has 0 fully saturated rings. The normalized spacial score (nSPS) is 11.3. The molecule has 0 atom stereocenters. The third-order valence-corrected chi connectivity index (χ3v) is 6.17. The number of ether oxygens (including phenoxy) is 1. The van der Waals surface area contributed by atoms with E-state index in [2.05, 4.69) is 64.2 Å². The van der Waals surface area contributed by atoms with Crippen molar-refractivity contribution in [3.05, 3.63) is 70.0 Å². The van der Waals surface area contributed by atoms with Crippen molar-refractivity contribution in [1.29, 1.82) is 0 Å². The van der Waals surface area contributed by atoms with E-state index >= 15 is 0 Å². The van der Waals surface area contributed by atoms with E-state index in [1.807, 2.05) is 35.2 Å². The molecule has 0 amide bonds. The molecule has 1 aromatic heterocycles. The highest BCUT2D eigenvalue weighted by Crippen LogP contribution is 2.23. The fourth-order valence-electron chi connectivity index (χ4n) is 2.93. The van der Waals surface area contributed by atoms with Crippen LogP contribution in [-0.4, -0.2) is 27.7 Å². The minimum atomic E-state index is 0.765. The van der Waals surface area contributed by atoms with Gasteiger partial charge in [0.05, 0.1) is 12.8 Å². The van der Waals surface area contributed by atoms with E-state index in [1.165, 1.54) is 18.4 Å². The van der Waals surface area contributed by atoms with Crippen LogP contribution in [0.1, 0.15) is 56.5 Å². The second-order valence-electron chi connectivity index (χ2n) is 7.24. The van der Waals surface area contributed by atoms with Gasteiger partial charge in [-0.1, -0.05) is 66.5 Å². The molecule has 0 saturated carbocycles. The van der Waals surface area contributed by atoms with Crippen molar-refractivity contribution in [2.45, 2.75) is 56.9 Å². The maximum atomic E-state index is 5.79. The van der Waals surface area contributed by atoms with Crippen LogP contribution in [0.2, 0.25) is 0 Å². The van der Waals surface area contributed by atoms with Crippen LogP contribution >= 0.6 is 27.7 Å². The molecule has 31 heavy (non-hydrogen) atoms. The summed E-state index contributed by atoms with van der Waals surface area (Å²) in [5.41, 5.74) is 2.25. The molecule has 3 aromatic rings. The molecule has 0 radical (unpaired) electrons. The Bertz CT molecular complexity index is 955. The Labute approximate surface area is 197 Å². The maximum Gasteiger partial charge on any atom is 0.212 e. The van der Waals surface area contributed by atoms with Crippen LogP contribution in [0.25, 0.3) is 0 Å². The number of thioether (sulfide) groups is 1. The van der Waals surface area contributed by atoms with Gasteiger partial charge in [0.15, 0.2) is 5.82 Å². The largest absolute Gasteiger partial charge is 0.494 e. The second-order valence-corrected chi connectivity index (χ2v) is 9.10. The molecule has 1 heterocycles. The number of unbranched alkanes of at least 4 members (excludes halogenated alkanes) is 2. The van der Waals surface area contributed by atoms with E-state index in [0.29, 0.717) is 0 Å². The van der Waals surface area contributed by atoms with Gasteiger partial charge in [0.25, 0.3) is 0 Å². The second kappa shape index (κ2) is 12.7. The average Bonchev–Trinajstić information content (AvgIpc) is 3.17. The van der Waals surface area contributed by atoms with Crippen molar-refractivity contribution >= 4 is 33.9 Å². The first-order valence-corrected chi connectivity index (χ1v) is 12.6. The van der Waals surface area contributed by atoms with Gasteiger partial charge in [-0.05, 0) is 60.4 Å². The lowest BCUT2D eigenvalue weighted by Crippen LogP contribution is -2.00. The van der Waals surface area contributed by atoms with Crippen LogP contribution in [-0.2, 0) is 12.2 Å². The van der Waals surface area contributed by atoms with E-state index in [-0.39, 0.29) is 0 Å². The first-order valence-electron chi connectivity index (χ1n) is 10.8. The summed E-state index contributed by atoms with van der Waals surface area (Å²) < 4.78 is 8.73. The number of aromatic nitrogens is 3. The molecule has 2 aromatic carbocycles. The minimum Gasteiger partial charge on any atom is -0.494 e. The molecule has 0 saturated heterocycles. The number of benzene rings is 2. The molecule has 0 aliphatic heterocycles. The van der Waals surface area contributed by atoms with Crippen LogP contribution in [0.5, 0.6) is 5.75 Å². The van der Waals surface area contributed by atoms with Gasteiger partial charge in [0.2, 0.25) is 5.16 Å². The highest BCUT2D eigenvalue weighted by atomic mass is 79.9. The summed E-state index contributed by atoms with van der Waals surface area (Å²) >= 11 is 5.12. The van der Waals surface area contributed by atoms with E-state index in [0.717, 1.165) is 58.4 Å². The summed E-state index contributed by atoms with van der Waals surface area (Å²) in [5, 5.41) is 14.2. The Morgan fingerprint density at radius 1 is 1.00 bits per heavy atom. The lowest BCUT2D eigenvalue weighted by atomic mass is 10.2. The average molecular weight is 501 g/mol. The van der Waals surface area contributed by atoms with Crippen LogP contribution in [0.4, 0.5) is 0 Å². The Balaban J connectivity index is 1.66. The van der Waals surface area contributed by atoms with Gasteiger partial charge in [-0.3, -0.25) is 0 Å². The third-order valence-electron chi connectivity index (χ3n) is 4.65. The summed E-state index contributed by atoms with van der Waals surface area (Å²) in [6, 6.07) is 16.4. The number of hydrogen-bond acceptors (Lipinski definition) is 5. The van der Waals surface area contributed by atoms with Gasteiger partial charge >= 0.3 is 0 Å². The SMILES string of the molecule is CCCCCOc1ccc(/C=N/n2c(CCC)nnc2SCc2ccc(Br)cc2)cc1. The van der Waals surface area contributed by atoms with E-state index < -0.39 is 0 Å². The summed E-state index contributed by atoms with van der Waals surface area (Å²) in [7, 11) is 0. The molecule has 0 bridgehead atoms. The van der Waals surface area contributed by atoms with Gasteiger partial charge in [-0.15, -0.1) is 10.2 Å².